The van der Waals surface area contributed by atoms with Crippen molar-refractivity contribution in [3.05, 3.63) is 29.8 Å². The Morgan fingerprint density at radius 1 is 1.36 bits per heavy atom. The van der Waals surface area contributed by atoms with E-state index in [4.69, 9.17) is 5.11 Å². The van der Waals surface area contributed by atoms with Crippen LogP contribution < -0.4 is 10.2 Å². The van der Waals surface area contributed by atoms with Gasteiger partial charge in [-0.15, -0.1) is 0 Å². The first-order valence-electron chi connectivity index (χ1n) is 8.44. The molecule has 0 saturated carbocycles. The molecule has 2 amide bonds. The third kappa shape index (κ3) is 4.78. The second-order valence-electron chi connectivity index (χ2n) is 6.23. The third-order valence-electron chi connectivity index (χ3n) is 4.33. The fourth-order valence-electron chi connectivity index (χ4n) is 2.81. The van der Waals surface area contributed by atoms with Gasteiger partial charge in [-0.2, -0.15) is 0 Å². The van der Waals surface area contributed by atoms with Gasteiger partial charge in [0.2, 0.25) is 11.8 Å². The Morgan fingerprint density at radius 2 is 2.04 bits per heavy atom. The Balaban J connectivity index is 1.99. The topological polar surface area (TPSA) is 86.7 Å². The lowest BCUT2D eigenvalue weighted by atomic mass is 10.1. The average Bonchev–Trinajstić information content (AvgIpc) is 2.99. The summed E-state index contributed by atoms with van der Waals surface area (Å²) < 4.78 is 12.6. The van der Waals surface area contributed by atoms with Crippen LogP contribution in [-0.4, -0.2) is 42.2 Å². The molecule has 6 nitrogen and oxygen atoms in total. The molecule has 1 saturated heterocycles. The molecule has 25 heavy (non-hydrogen) atoms. The van der Waals surface area contributed by atoms with Gasteiger partial charge in [0.05, 0.1) is 5.92 Å². The number of aliphatic carboxylic acids is 1. The fourth-order valence-corrected chi connectivity index (χ4v) is 2.81. The minimum absolute atomic E-state index is 0.0119. The van der Waals surface area contributed by atoms with Gasteiger partial charge in [0.1, 0.15) is 6.67 Å². The minimum atomic E-state index is -1.57. The van der Waals surface area contributed by atoms with Crippen molar-refractivity contribution in [3.63, 3.8) is 0 Å². The SMILES string of the molecule is CCCCc1ccc(N2CC(C(=O)NC(CF)C(=O)O)CC2=O)cc1. The van der Waals surface area contributed by atoms with Crippen LogP contribution in [0.3, 0.4) is 0 Å². The van der Waals surface area contributed by atoms with Crippen LogP contribution in [-0.2, 0) is 20.8 Å². The monoisotopic (exact) mass is 350 g/mol. The number of carbonyl (C=O) groups excluding carboxylic acids is 2. The Bertz CT molecular complexity index is 632. The lowest BCUT2D eigenvalue weighted by Gasteiger charge is -2.18. The van der Waals surface area contributed by atoms with E-state index in [0.717, 1.165) is 19.3 Å². The molecule has 1 aliphatic rings. The molecule has 2 unspecified atom stereocenters. The van der Waals surface area contributed by atoms with Crippen LogP contribution in [0.2, 0.25) is 0 Å². The van der Waals surface area contributed by atoms with Crippen LogP contribution in [0.25, 0.3) is 0 Å². The first-order valence-corrected chi connectivity index (χ1v) is 8.44. The largest absolute Gasteiger partial charge is 0.480 e. The van der Waals surface area contributed by atoms with Crippen molar-refractivity contribution in [2.24, 2.45) is 5.92 Å². The number of nitrogens with zero attached hydrogens (tertiary/aromatic N) is 1. The van der Waals surface area contributed by atoms with Crippen molar-refractivity contribution in [1.29, 1.82) is 0 Å². The van der Waals surface area contributed by atoms with E-state index in [1.807, 2.05) is 24.3 Å². The third-order valence-corrected chi connectivity index (χ3v) is 4.33. The molecule has 7 heteroatoms. The van der Waals surface area contributed by atoms with Crippen LogP contribution in [0.15, 0.2) is 24.3 Å². The van der Waals surface area contributed by atoms with Crippen LogP contribution in [0, 0.1) is 5.92 Å². The highest BCUT2D eigenvalue weighted by Crippen LogP contribution is 2.26. The maximum Gasteiger partial charge on any atom is 0.328 e. The zero-order chi connectivity index (χ0) is 18.4. The first kappa shape index (κ1) is 18.9. The zero-order valence-electron chi connectivity index (χ0n) is 14.2. The van der Waals surface area contributed by atoms with Crippen LogP contribution in [0.1, 0.15) is 31.7 Å². The van der Waals surface area contributed by atoms with Gasteiger partial charge >= 0.3 is 5.97 Å². The number of carbonyl (C=O) groups is 3. The summed E-state index contributed by atoms with van der Waals surface area (Å²) in [6, 6.07) is 6.06. The van der Waals surface area contributed by atoms with E-state index in [1.54, 1.807) is 0 Å². The van der Waals surface area contributed by atoms with Crippen LogP contribution >= 0.6 is 0 Å². The van der Waals surface area contributed by atoms with E-state index in [1.165, 1.54) is 10.5 Å². The van der Waals surface area contributed by atoms with Crippen LogP contribution in [0.4, 0.5) is 10.1 Å². The number of carboxylic acids is 1. The van der Waals surface area contributed by atoms with Crippen molar-refractivity contribution in [1.82, 2.24) is 5.32 Å². The summed E-state index contributed by atoms with van der Waals surface area (Å²) in [6.07, 6.45) is 3.18. The van der Waals surface area contributed by atoms with Crippen molar-refractivity contribution in [2.75, 3.05) is 18.1 Å². The molecule has 0 aliphatic carbocycles. The van der Waals surface area contributed by atoms with Gasteiger partial charge in [-0.25, -0.2) is 9.18 Å². The quantitative estimate of drug-likeness (QED) is 0.750. The summed E-state index contributed by atoms with van der Waals surface area (Å²) in [5.41, 5.74) is 1.90. The number of anilines is 1. The smallest absolute Gasteiger partial charge is 0.328 e. The Morgan fingerprint density at radius 3 is 2.60 bits per heavy atom. The molecular formula is C18H23FN2O4. The number of aryl methyl sites for hydroxylation is 1. The Labute approximate surface area is 146 Å². The van der Waals surface area contributed by atoms with Gasteiger partial charge in [-0.05, 0) is 30.5 Å². The number of nitrogens with one attached hydrogen (secondary N) is 1. The number of benzene rings is 1. The van der Waals surface area contributed by atoms with Gasteiger partial charge in [0.25, 0.3) is 0 Å². The number of hydrogen-bond acceptors (Lipinski definition) is 3. The van der Waals surface area contributed by atoms with Gasteiger partial charge in [-0.1, -0.05) is 25.5 Å². The highest BCUT2D eigenvalue weighted by molar-refractivity contribution is 6.00. The average molecular weight is 350 g/mol. The standard InChI is InChI=1S/C18H23FN2O4/c1-2-3-4-12-5-7-14(8-6-12)21-11-13(9-16(21)22)17(23)20-15(10-19)18(24)25/h5-8,13,15H,2-4,9-11H2,1H3,(H,20,23)(H,24,25). The van der Waals surface area contributed by atoms with E-state index in [0.29, 0.717) is 5.69 Å². The summed E-state index contributed by atoms with van der Waals surface area (Å²) in [7, 11) is 0. The molecule has 1 aliphatic heterocycles. The predicted molar refractivity (Wildman–Crippen MR) is 91.1 cm³/mol. The maximum absolute atomic E-state index is 12.6. The summed E-state index contributed by atoms with van der Waals surface area (Å²) in [4.78, 5) is 36.6. The van der Waals surface area contributed by atoms with E-state index < -0.39 is 30.5 Å². The summed E-state index contributed by atoms with van der Waals surface area (Å²) in [6.45, 7) is 1.10. The molecule has 2 atom stereocenters. The summed E-state index contributed by atoms with van der Waals surface area (Å²) in [5.74, 6) is -2.92. The molecule has 0 radical (unpaired) electrons. The number of carboxylic acid groups (broad SMARTS) is 1. The zero-order valence-corrected chi connectivity index (χ0v) is 14.2. The number of amides is 2. The molecule has 2 rings (SSSR count). The molecule has 0 spiro atoms. The predicted octanol–water partition coefficient (Wildman–Crippen LogP) is 1.92. The molecule has 1 fully saturated rings. The number of halogens is 1. The molecule has 1 aromatic carbocycles. The van der Waals surface area contributed by atoms with Gasteiger partial charge in [0.15, 0.2) is 6.04 Å². The van der Waals surface area contributed by atoms with E-state index in [-0.39, 0.29) is 18.9 Å². The van der Waals surface area contributed by atoms with Crippen LogP contribution in [0.5, 0.6) is 0 Å². The minimum Gasteiger partial charge on any atom is -0.480 e. The molecule has 1 heterocycles. The summed E-state index contributed by atoms with van der Waals surface area (Å²) >= 11 is 0. The van der Waals surface area contributed by atoms with Crippen molar-refractivity contribution < 1.29 is 23.9 Å². The van der Waals surface area contributed by atoms with E-state index in [9.17, 15) is 18.8 Å². The van der Waals surface area contributed by atoms with Gasteiger partial charge < -0.3 is 15.3 Å². The Hall–Kier alpha value is -2.44. The molecule has 2 N–H and O–H groups in total. The number of unbranched alkanes of at least 4 members (excludes halogenated alkanes) is 1. The highest BCUT2D eigenvalue weighted by Gasteiger charge is 2.36. The molecular weight excluding hydrogens is 327 g/mol. The van der Waals surface area contributed by atoms with Crippen molar-refractivity contribution >= 4 is 23.5 Å². The highest BCUT2D eigenvalue weighted by atomic mass is 19.1. The second kappa shape index (κ2) is 8.60. The Kier molecular flexibility index (Phi) is 6.50. The number of alkyl halides is 1. The fraction of sp³-hybridized carbons (Fsp3) is 0.500. The maximum atomic E-state index is 12.6. The molecule has 136 valence electrons. The molecule has 0 aromatic heterocycles. The van der Waals surface area contributed by atoms with Gasteiger partial charge in [0, 0.05) is 18.7 Å². The second-order valence-corrected chi connectivity index (χ2v) is 6.23. The number of hydrogen-bond donors (Lipinski definition) is 2. The molecule has 0 bridgehead atoms. The molecule has 1 aromatic rings. The number of rotatable bonds is 8. The first-order chi connectivity index (χ1) is 12.0. The van der Waals surface area contributed by atoms with E-state index >= 15 is 0 Å². The lowest BCUT2D eigenvalue weighted by Crippen LogP contribution is -2.45. The normalized spacial score (nSPS) is 18.2. The van der Waals surface area contributed by atoms with Gasteiger partial charge in [-0.3, -0.25) is 9.59 Å². The van der Waals surface area contributed by atoms with Crippen molar-refractivity contribution in [3.8, 4) is 0 Å². The van der Waals surface area contributed by atoms with E-state index in [2.05, 4.69) is 12.2 Å². The lowest BCUT2D eigenvalue weighted by molar-refractivity contribution is -0.142. The summed E-state index contributed by atoms with van der Waals surface area (Å²) in [5, 5.41) is 10.9. The van der Waals surface area contributed by atoms with Crippen molar-refractivity contribution in [2.45, 2.75) is 38.6 Å².